The number of hydrogen-bond acceptors (Lipinski definition) is 7. The lowest BCUT2D eigenvalue weighted by molar-refractivity contribution is -0.139. The van der Waals surface area contributed by atoms with Gasteiger partial charge in [0.2, 0.25) is 11.8 Å². The van der Waals surface area contributed by atoms with Gasteiger partial charge in [-0.1, -0.05) is 13.5 Å². The summed E-state index contributed by atoms with van der Waals surface area (Å²) in [6, 6.07) is 0. The van der Waals surface area contributed by atoms with E-state index in [9.17, 15) is 19.2 Å². The fraction of sp³-hybridized carbons (Fsp3) is 0.471. The molecular formula is C17H26N4O5S2. The van der Waals surface area contributed by atoms with Crippen LogP contribution in [0.15, 0.2) is 11.6 Å². The van der Waals surface area contributed by atoms with Gasteiger partial charge in [-0.05, 0) is 38.3 Å². The zero-order chi connectivity index (χ0) is 21.5. The number of carbonyl (C=O) groups excluding carboxylic acids is 5. The average molecular weight is 431 g/mol. The van der Waals surface area contributed by atoms with Crippen molar-refractivity contribution in [3.8, 4) is 0 Å². The van der Waals surface area contributed by atoms with Crippen LogP contribution in [0.3, 0.4) is 0 Å². The van der Waals surface area contributed by atoms with Crippen LogP contribution in [0.4, 0.5) is 0 Å². The second-order valence-corrected chi connectivity index (χ2v) is 6.04. The maximum atomic E-state index is 11.4. The van der Waals surface area contributed by atoms with Crippen molar-refractivity contribution in [1.82, 2.24) is 19.6 Å². The Morgan fingerprint density at radius 2 is 1.04 bits per heavy atom. The Morgan fingerprint density at radius 1 is 0.750 bits per heavy atom. The summed E-state index contributed by atoms with van der Waals surface area (Å²) in [5.41, 5.74) is 0.165. The third-order valence-corrected chi connectivity index (χ3v) is 4.65. The van der Waals surface area contributed by atoms with Crippen LogP contribution >= 0.6 is 24.4 Å². The molecule has 2 aliphatic rings. The van der Waals surface area contributed by atoms with Gasteiger partial charge in [-0.25, -0.2) is 0 Å². The first-order chi connectivity index (χ1) is 12.5. The second kappa shape index (κ2) is 12.0. The molecule has 2 rings (SSSR count). The minimum absolute atomic E-state index is 0. The lowest BCUT2D eigenvalue weighted by Gasteiger charge is -2.31. The number of likely N-dealkylation sites (N-methyl/N-ethyl adjacent to an activating group) is 2. The van der Waals surface area contributed by atoms with Crippen LogP contribution in [0.1, 0.15) is 27.7 Å². The van der Waals surface area contributed by atoms with Crippen molar-refractivity contribution in [3.05, 3.63) is 11.6 Å². The molecule has 0 N–H and O–H groups in total. The summed E-state index contributed by atoms with van der Waals surface area (Å²) < 4.78 is 0. The van der Waals surface area contributed by atoms with Crippen LogP contribution in [-0.4, -0.2) is 87.9 Å². The second-order valence-electron chi connectivity index (χ2n) is 5.31. The highest BCUT2D eigenvalue weighted by Gasteiger charge is 2.34. The molecule has 0 aromatic carbocycles. The molecule has 0 aromatic heterocycles. The molecule has 156 valence electrons. The summed E-state index contributed by atoms with van der Waals surface area (Å²) in [6.07, 6.45) is 2.17. The minimum Gasteiger partial charge on any atom is -0.304 e. The number of thiocarbonyl (C=S) groups is 2. The molecule has 0 saturated carbocycles. The summed E-state index contributed by atoms with van der Waals surface area (Å²) in [4.78, 5) is 58.8. The minimum atomic E-state index is -0.337. The van der Waals surface area contributed by atoms with Gasteiger partial charge in [0, 0.05) is 28.2 Å². The van der Waals surface area contributed by atoms with Gasteiger partial charge in [-0.3, -0.25) is 38.8 Å². The maximum Gasteiger partial charge on any atom is 0.265 e. The molecule has 0 atom stereocenters. The number of nitrogens with zero attached hydrogens (tertiary/aromatic N) is 4. The molecule has 2 aliphatic heterocycles. The van der Waals surface area contributed by atoms with Gasteiger partial charge in [0.05, 0.1) is 0 Å². The molecule has 0 unspecified atom stereocenters. The van der Waals surface area contributed by atoms with E-state index in [0.29, 0.717) is 0 Å². The number of hydrogen-bond donors (Lipinski definition) is 0. The fourth-order valence-corrected chi connectivity index (χ4v) is 2.27. The standard InChI is InChI=1S/C8H10N2O2S.C6H8N2O2S.C2H4O.CH4/c1-4-5-6(11)9(2)8(13)10(3)7(5)12;1-7-4(9)3-5(10)8(2)6(7)11;1-2-3;/h4H,1-3H3;3H2,1-2H3;2H,1H3;1H4. The first-order valence-corrected chi connectivity index (χ1v) is 8.51. The molecule has 11 heteroatoms. The van der Waals surface area contributed by atoms with Gasteiger partial charge in [0.25, 0.3) is 11.8 Å². The number of allylic oxidation sites excluding steroid dienone is 1. The smallest absolute Gasteiger partial charge is 0.265 e. The Kier molecular flexibility index (Phi) is 11.9. The van der Waals surface area contributed by atoms with Gasteiger partial charge >= 0.3 is 0 Å². The topological polar surface area (TPSA) is 98.3 Å². The first kappa shape index (κ1) is 27.7. The lowest BCUT2D eigenvalue weighted by atomic mass is 10.1. The Labute approximate surface area is 175 Å². The molecule has 4 amide bonds. The van der Waals surface area contributed by atoms with Crippen molar-refractivity contribution in [2.45, 2.75) is 27.7 Å². The largest absolute Gasteiger partial charge is 0.304 e. The molecule has 2 fully saturated rings. The summed E-state index contributed by atoms with van der Waals surface area (Å²) in [5.74, 6) is -1.15. The molecule has 0 spiro atoms. The zero-order valence-corrected chi connectivity index (χ0v) is 17.6. The lowest BCUT2D eigenvalue weighted by Crippen LogP contribution is -2.52. The molecule has 2 saturated heterocycles. The summed E-state index contributed by atoms with van der Waals surface area (Å²) in [6.45, 7) is 3.10. The van der Waals surface area contributed by atoms with Gasteiger partial charge in [0.1, 0.15) is 18.3 Å². The number of carbonyl (C=O) groups is 5. The van der Waals surface area contributed by atoms with E-state index in [1.165, 1.54) is 32.6 Å². The van der Waals surface area contributed by atoms with E-state index in [4.69, 9.17) is 29.2 Å². The van der Waals surface area contributed by atoms with Crippen LogP contribution in [0.5, 0.6) is 0 Å². The Bertz CT molecular complexity index is 672. The third-order valence-electron chi connectivity index (χ3n) is 3.56. The number of aldehydes is 1. The maximum absolute atomic E-state index is 11.4. The highest BCUT2D eigenvalue weighted by atomic mass is 32.1. The SMILES string of the molecule is C.CC=C1C(=O)N(C)C(=S)N(C)C1=O.CC=O.CN1C(=O)CC(=O)N(C)C1=S. The highest BCUT2D eigenvalue weighted by Crippen LogP contribution is 2.13. The molecule has 9 nitrogen and oxygen atoms in total. The van der Waals surface area contributed by atoms with E-state index < -0.39 is 0 Å². The van der Waals surface area contributed by atoms with Crippen molar-refractivity contribution < 1.29 is 24.0 Å². The summed E-state index contributed by atoms with van der Waals surface area (Å²) in [7, 11) is 6.23. The normalized spacial score (nSPS) is 16.7. The van der Waals surface area contributed by atoms with Crippen LogP contribution in [-0.2, 0) is 24.0 Å². The van der Waals surface area contributed by atoms with Crippen molar-refractivity contribution in [3.63, 3.8) is 0 Å². The molecular weight excluding hydrogens is 404 g/mol. The summed E-state index contributed by atoms with van der Waals surface area (Å²) in [5, 5.41) is 0.506. The van der Waals surface area contributed by atoms with E-state index in [1.54, 1.807) is 35.1 Å². The van der Waals surface area contributed by atoms with Gasteiger partial charge in [0.15, 0.2) is 10.2 Å². The predicted octanol–water partition coefficient (Wildman–Crippen LogP) is 0.581. The van der Waals surface area contributed by atoms with E-state index in [2.05, 4.69) is 0 Å². The zero-order valence-electron chi connectivity index (χ0n) is 16.0. The van der Waals surface area contributed by atoms with E-state index in [-0.39, 0.29) is 53.3 Å². The van der Waals surface area contributed by atoms with Crippen LogP contribution < -0.4 is 0 Å². The van der Waals surface area contributed by atoms with Crippen molar-refractivity contribution in [2.75, 3.05) is 28.2 Å². The van der Waals surface area contributed by atoms with Crippen molar-refractivity contribution in [2.24, 2.45) is 0 Å². The Morgan fingerprint density at radius 3 is 1.32 bits per heavy atom. The fourth-order valence-electron chi connectivity index (χ4n) is 1.90. The van der Waals surface area contributed by atoms with Crippen LogP contribution in [0, 0.1) is 0 Å². The molecule has 0 bridgehead atoms. The van der Waals surface area contributed by atoms with Gasteiger partial charge < -0.3 is 4.79 Å². The highest BCUT2D eigenvalue weighted by molar-refractivity contribution is 7.80. The number of rotatable bonds is 0. The predicted molar refractivity (Wildman–Crippen MR) is 113 cm³/mol. The van der Waals surface area contributed by atoms with Crippen molar-refractivity contribution >= 4 is 64.6 Å². The van der Waals surface area contributed by atoms with E-state index >= 15 is 0 Å². The quantitative estimate of drug-likeness (QED) is 0.182. The van der Waals surface area contributed by atoms with Crippen LogP contribution in [0.2, 0.25) is 0 Å². The van der Waals surface area contributed by atoms with E-state index in [1.807, 2.05) is 0 Å². The monoisotopic (exact) mass is 430 g/mol. The van der Waals surface area contributed by atoms with E-state index in [0.717, 1.165) is 6.29 Å². The molecule has 2 heterocycles. The summed E-state index contributed by atoms with van der Waals surface area (Å²) >= 11 is 9.70. The Hall–Kier alpha value is -2.53. The average Bonchev–Trinajstić information content (AvgIpc) is 2.63. The molecule has 0 aromatic rings. The molecule has 0 radical (unpaired) electrons. The first-order valence-electron chi connectivity index (χ1n) is 7.69. The molecule has 28 heavy (non-hydrogen) atoms. The van der Waals surface area contributed by atoms with Crippen LogP contribution in [0.25, 0.3) is 0 Å². The Balaban J connectivity index is 0. The van der Waals surface area contributed by atoms with Gasteiger partial charge in [-0.15, -0.1) is 0 Å². The van der Waals surface area contributed by atoms with Gasteiger partial charge in [-0.2, -0.15) is 0 Å². The molecule has 0 aliphatic carbocycles. The third kappa shape index (κ3) is 6.27. The van der Waals surface area contributed by atoms with Crippen molar-refractivity contribution in [1.29, 1.82) is 0 Å². The number of amides is 4.